The van der Waals surface area contributed by atoms with Crippen molar-refractivity contribution in [1.29, 1.82) is 0 Å². The standard InChI is InChI=1S/C19H25N5/c1-13(20)23-24(21)19(9-10-22-2)15-7-8-18-16(12-15)11-14-5-3-4-6-17(14)18/h3-8,12,19,22H,9-11,21H2,1-2H3,(H2,20,23). The van der Waals surface area contributed by atoms with Crippen molar-refractivity contribution in [3.8, 4) is 11.1 Å². The molecule has 2 aromatic carbocycles. The molecule has 0 amide bonds. The predicted octanol–water partition coefficient (Wildman–Crippen LogP) is 2.38. The third-order valence-electron chi connectivity index (χ3n) is 4.46. The lowest BCUT2D eigenvalue weighted by Crippen LogP contribution is -2.34. The fourth-order valence-corrected chi connectivity index (χ4v) is 3.36. The molecule has 0 aliphatic heterocycles. The number of nitrogens with zero attached hydrogens (tertiary/aromatic N) is 2. The Morgan fingerprint density at radius 1 is 1.21 bits per heavy atom. The summed E-state index contributed by atoms with van der Waals surface area (Å²) in [5.74, 6) is 6.62. The maximum atomic E-state index is 6.16. The van der Waals surface area contributed by atoms with Crippen molar-refractivity contribution >= 4 is 5.84 Å². The van der Waals surface area contributed by atoms with E-state index in [1.54, 1.807) is 6.92 Å². The van der Waals surface area contributed by atoms with Crippen LogP contribution in [-0.4, -0.2) is 24.5 Å². The van der Waals surface area contributed by atoms with Gasteiger partial charge < -0.3 is 11.1 Å². The van der Waals surface area contributed by atoms with E-state index in [4.69, 9.17) is 11.6 Å². The Kier molecular flexibility index (Phi) is 4.83. The summed E-state index contributed by atoms with van der Waals surface area (Å²) in [5, 5.41) is 8.88. The van der Waals surface area contributed by atoms with Gasteiger partial charge in [0, 0.05) is 0 Å². The Labute approximate surface area is 143 Å². The molecule has 1 aliphatic rings. The lowest BCUT2D eigenvalue weighted by Gasteiger charge is -2.26. The van der Waals surface area contributed by atoms with Crippen molar-refractivity contribution in [3.05, 3.63) is 59.2 Å². The summed E-state index contributed by atoms with van der Waals surface area (Å²) in [7, 11) is 1.94. The van der Waals surface area contributed by atoms with Gasteiger partial charge in [0.2, 0.25) is 0 Å². The van der Waals surface area contributed by atoms with Crippen LogP contribution in [0.4, 0.5) is 0 Å². The van der Waals surface area contributed by atoms with E-state index in [9.17, 15) is 0 Å². The van der Waals surface area contributed by atoms with Crippen LogP contribution in [0.2, 0.25) is 0 Å². The zero-order chi connectivity index (χ0) is 17.1. The van der Waals surface area contributed by atoms with Crippen LogP contribution >= 0.6 is 0 Å². The number of nitrogens with one attached hydrogen (secondary N) is 1. The molecule has 5 N–H and O–H groups in total. The van der Waals surface area contributed by atoms with Gasteiger partial charge in [-0.1, -0.05) is 42.5 Å². The fraction of sp³-hybridized carbons (Fsp3) is 0.316. The first-order valence-electron chi connectivity index (χ1n) is 8.30. The Hall–Kier alpha value is -2.37. The number of benzene rings is 2. The molecule has 1 aliphatic carbocycles. The second-order valence-electron chi connectivity index (χ2n) is 6.28. The van der Waals surface area contributed by atoms with Gasteiger partial charge in [0.1, 0.15) is 5.84 Å². The highest BCUT2D eigenvalue weighted by atomic mass is 15.6. The maximum absolute atomic E-state index is 6.16. The van der Waals surface area contributed by atoms with E-state index in [1.807, 2.05) is 7.05 Å². The first-order chi connectivity index (χ1) is 11.6. The number of hydrazone groups is 1. The second-order valence-corrected chi connectivity index (χ2v) is 6.28. The van der Waals surface area contributed by atoms with Gasteiger partial charge in [-0.15, -0.1) is 5.10 Å². The van der Waals surface area contributed by atoms with Gasteiger partial charge in [0.15, 0.2) is 0 Å². The molecule has 0 heterocycles. The van der Waals surface area contributed by atoms with Crippen LogP contribution in [0, 0.1) is 0 Å². The lowest BCUT2D eigenvalue weighted by atomic mass is 9.98. The monoisotopic (exact) mass is 323 g/mol. The van der Waals surface area contributed by atoms with Crippen molar-refractivity contribution in [2.24, 2.45) is 16.7 Å². The van der Waals surface area contributed by atoms with Gasteiger partial charge in [-0.05, 0) is 61.2 Å². The van der Waals surface area contributed by atoms with E-state index in [0.29, 0.717) is 5.84 Å². The Bertz CT molecular complexity index is 749. The average molecular weight is 323 g/mol. The van der Waals surface area contributed by atoms with Crippen LogP contribution in [0.3, 0.4) is 0 Å². The van der Waals surface area contributed by atoms with Gasteiger partial charge in [-0.25, -0.2) is 11.0 Å². The quantitative estimate of drug-likeness (QED) is 0.282. The number of hydrogen-bond acceptors (Lipinski definition) is 4. The molecule has 1 atom stereocenters. The minimum Gasteiger partial charge on any atom is -0.386 e. The summed E-state index contributed by atoms with van der Waals surface area (Å²) in [6.07, 6.45) is 1.83. The molecule has 2 aromatic rings. The summed E-state index contributed by atoms with van der Waals surface area (Å²) in [5.41, 5.74) is 12.3. The highest BCUT2D eigenvalue weighted by molar-refractivity contribution is 5.77. The molecule has 0 saturated heterocycles. The average Bonchev–Trinajstić information content (AvgIpc) is 2.92. The number of hydrogen-bond donors (Lipinski definition) is 3. The van der Waals surface area contributed by atoms with E-state index >= 15 is 0 Å². The third-order valence-corrected chi connectivity index (χ3v) is 4.46. The van der Waals surface area contributed by atoms with Gasteiger partial charge in [-0.3, -0.25) is 0 Å². The fourth-order valence-electron chi connectivity index (χ4n) is 3.36. The number of nitrogens with two attached hydrogens (primary N) is 2. The van der Waals surface area contributed by atoms with Crippen LogP contribution in [0.5, 0.6) is 0 Å². The lowest BCUT2D eigenvalue weighted by molar-refractivity contribution is 0.200. The van der Waals surface area contributed by atoms with E-state index in [2.05, 4.69) is 52.9 Å². The molecule has 126 valence electrons. The molecular weight excluding hydrogens is 298 g/mol. The zero-order valence-electron chi connectivity index (χ0n) is 14.3. The smallest absolute Gasteiger partial charge is 0.118 e. The Morgan fingerprint density at radius 2 is 1.96 bits per heavy atom. The van der Waals surface area contributed by atoms with Crippen LogP contribution in [-0.2, 0) is 6.42 Å². The Balaban J connectivity index is 1.92. The van der Waals surface area contributed by atoms with Crippen LogP contribution in [0.15, 0.2) is 47.6 Å². The van der Waals surface area contributed by atoms with E-state index in [1.165, 1.54) is 32.9 Å². The summed E-state index contributed by atoms with van der Waals surface area (Å²) < 4.78 is 0. The van der Waals surface area contributed by atoms with E-state index in [0.717, 1.165) is 19.4 Å². The summed E-state index contributed by atoms with van der Waals surface area (Å²) in [6, 6.07) is 15.2. The summed E-state index contributed by atoms with van der Waals surface area (Å²) in [4.78, 5) is 0. The van der Waals surface area contributed by atoms with Crippen molar-refractivity contribution < 1.29 is 0 Å². The van der Waals surface area contributed by atoms with Crippen molar-refractivity contribution in [1.82, 2.24) is 10.4 Å². The molecular formula is C19H25N5. The van der Waals surface area contributed by atoms with Crippen LogP contribution in [0.1, 0.15) is 36.1 Å². The molecule has 5 nitrogen and oxygen atoms in total. The molecule has 24 heavy (non-hydrogen) atoms. The van der Waals surface area contributed by atoms with Crippen molar-refractivity contribution in [3.63, 3.8) is 0 Å². The van der Waals surface area contributed by atoms with Crippen molar-refractivity contribution in [2.75, 3.05) is 13.6 Å². The normalized spacial score (nSPS) is 14.2. The number of rotatable bonds is 6. The summed E-state index contributed by atoms with van der Waals surface area (Å²) >= 11 is 0. The largest absolute Gasteiger partial charge is 0.386 e. The van der Waals surface area contributed by atoms with Crippen molar-refractivity contribution in [2.45, 2.75) is 25.8 Å². The van der Waals surface area contributed by atoms with E-state index < -0.39 is 0 Å². The van der Waals surface area contributed by atoms with Gasteiger partial charge in [0.05, 0.1) is 6.04 Å². The highest BCUT2D eigenvalue weighted by Crippen LogP contribution is 2.38. The van der Waals surface area contributed by atoms with Gasteiger partial charge in [0.25, 0.3) is 0 Å². The first-order valence-corrected chi connectivity index (χ1v) is 8.30. The SMILES string of the molecule is CNCCC(c1ccc2c(c1)Cc1ccccc1-2)N(N)/N=C(/C)N. The molecule has 0 fully saturated rings. The second kappa shape index (κ2) is 7.03. The maximum Gasteiger partial charge on any atom is 0.118 e. The van der Waals surface area contributed by atoms with Crippen LogP contribution < -0.4 is 16.9 Å². The minimum absolute atomic E-state index is 0.00929. The third kappa shape index (κ3) is 3.27. The molecule has 3 rings (SSSR count). The molecule has 1 unspecified atom stereocenters. The molecule has 0 bridgehead atoms. The molecule has 5 heteroatoms. The van der Waals surface area contributed by atoms with Crippen LogP contribution in [0.25, 0.3) is 11.1 Å². The topological polar surface area (TPSA) is 79.7 Å². The molecule has 0 aromatic heterocycles. The molecule has 0 radical (unpaired) electrons. The first kappa shape index (κ1) is 16.5. The summed E-state index contributed by atoms with van der Waals surface area (Å²) in [6.45, 7) is 2.60. The minimum atomic E-state index is -0.00929. The van der Waals surface area contributed by atoms with E-state index in [-0.39, 0.29) is 6.04 Å². The molecule has 0 spiro atoms. The Morgan fingerprint density at radius 3 is 2.71 bits per heavy atom. The predicted molar refractivity (Wildman–Crippen MR) is 99.3 cm³/mol. The zero-order valence-corrected chi connectivity index (χ0v) is 14.3. The number of hydrazine groups is 1. The highest BCUT2D eigenvalue weighted by Gasteiger charge is 2.22. The number of amidine groups is 1. The van der Waals surface area contributed by atoms with Gasteiger partial charge in [-0.2, -0.15) is 0 Å². The number of fused-ring (bicyclic) bond motifs is 3. The van der Waals surface area contributed by atoms with Gasteiger partial charge >= 0.3 is 0 Å². The molecule has 0 saturated carbocycles.